The first kappa shape index (κ1) is 14.7. The van der Waals surface area contributed by atoms with Gasteiger partial charge in [0.1, 0.15) is 0 Å². The zero-order valence-electron chi connectivity index (χ0n) is 12.2. The number of nitrogen functional groups attached to an aromatic ring is 1. The van der Waals surface area contributed by atoms with Crippen LogP contribution in [0.5, 0.6) is 0 Å². The molecule has 108 valence electrons. The third-order valence-electron chi connectivity index (χ3n) is 2.99. The molecule has 0 unspecified atom stereocenters. The lowest BCUT2D eigenvalue weighted by molar-refractivity contribution is 0.255. The minimum Gasteiger partial charge on any atom is -0.397 e. The molecule has 4 nitrogen and oxygen atoms in total. The van der Waals surface area contributed by atoms with Gasteiger partial charge in [0.25, 0.3) is 0 Å². The van der Waals surface area contributed by atoms with E-state index in [4.69, 9.17) is 5.73 Å². The fourth-order valence-corrected chi connectivity index (χ4v) is 1.94. The predicted octanol–water partition coefficient (Wildman–Crippen LogP) is 3.68. The summed E-state index contributed by atoms with van der Waals surface area (Å²) in [5.41, 5.74) is 10.3. The predicted molar refractivity (Wildman–Crippen MR) is 88.0 cm³/mol. The molecule has 0 spiro atoms. The van der Waals surface area contributed by atoms with Crippen molar-refractivity contribution in [1.29, 1.82) is 0 Å². The normalized spacial score (nSPS) is 10.6. The van der Waals surface area contributed by atoms with Crippen LogP contribution in [0, 0.1) is 13.8 Å². The van der Waals surface area contributed by atoms with Crippen molar-refractivity contribution in [2.45, 2.75) is 13.8 Å². The number of hydrogen-bond acceptors (Lipinski definition) is 2. The Labute approximate surface area is 124 Å². The molecule has 4 N–H and O–H groups in total. The Balaban J connectivity index is 1.93. The number of benzene rings is 2. The van der Waals surface area contributed by atoms with Crippen molar-refractivity contribution in [3.8, 4) is 0 Å². The van der Waals surface area contributed by atoms with Gasteiger partial charge in [-0.25, -0.2) is 4.79 Å². The molecular weight excluding hydrogens is 262 g/mol. The summed E-state index contributed by atoms with van der Waals surface area (Å²) in [7, 11) is 0. The van der Waals surface area contributed by atoms with E-state index in [-0.39, 0.29) is 6.03 Å². The van der Waals surface area contributed by atoms with Crippen molar-refractivity contribution in [3.63, 3.8) is 0 Å². The number of urea groups is 1. The Morgan fingerprint density at radius 3 is 2.57 bits per heavy atom. The Hall–Kier alpha value is -2.75. The zero-order valence-corrected chi connectivity index (χ0v) is 12.2. The van der Waals surface area contributed by atoms with Crippen molar-refractivity contribution in [2.75, 3.05) is 11.1 Å². The van der Waals surface area contributed by atoms with Gasteiger partial charge in [0, 0.05) is 6.20 Å². The number of carbonyl (C=O) groups excluding carboxylic acids is 1. The van der Waals surface area contributed by atoms with E-state index in [1.54, 1.807) is 12.3 Å². The number of rotatable bonds is 3. The zero-order chi connectivity index (χ0) is 15.2. The van der Waals surface area contributed by atoms with Crippen molar-refractivity contribution in [3.05, 3.63) is 65.4 Å². The molecule has 0 atom stereocenters. The molecule has 0 heterocycles. The molecule has 2 aromatic rings. The largest absolute Gasteiger partial charge is 0.397 e. The Morgan fingerprint density at radius 1 is 1.10 bits per heavy atom. The van der Waals surface area contributed by atoms with Crippen LogP contribution in [0.1, 0.15) is 16.7 Å². The SMILES string of the molecule is Cc1cccc(/C=C/NC(=O)Nc2ccc(C)cc2N)c1. The first-order chi connectivity index (χ1) is 10.0. The molecule has 0 radical (unpaired) electrons. The lowest BCUT2D eigenvalue weighted by atomic mass is 10.1. The molecule has 0 bridgehead atoms. The maximum Gasteiger partial charge on any atom is 0.323 e. The first-order valence-corrected chi connectivity index (χ1v) is 6.71. The monoisotopic (exact) mass is 281 g/mol. The minimum absolute atomic E-state index is 0.325. The van der Waals surface area contributed by atoms with Gasteiger partial charge in [-0.3, -0.25) is 0 Å². The van der Waals surface area contributed by atoms with E-state index >= 15 is 0 Å². The molecule has 2 rings (SSSR count). The van der Waals surface area contributed by atoms with E-state index in [2.05, 4.69) is 10.6 Å². The van der Waals surface area contributed by atoms with Crippen molar-refractivity contribution >= 4 is 23.5 Å². The number of nitrogens with one attached hydrogen (secondary N) is 2. The van der Waals surface area contributed by atoms with Crippen molar-refractivity contribution in [2.24, 2.45) is 0 Å². The molecule has 0 aliphatic rings. The smallest absolute Gasteiger partial charge is 0.323 e. The number of nitrogens with two attached hydrogens (primary N) is 1. The van der Waals surface area contributed by atoms with Gasteiger partial charge in [-0.1, -0.05) is 35.9 Å². The summed E-state index contributed by atoms with van der Waals surface area (Å²) >= 11 is 0. The van der Waals surface area contributed by atoms with E-state index in [0.717, 1.165) is 11.1 Å². The van der Waals surface area contributed by atoms with Crippen LogP contribution >= 0.6 is 0 Å². The molecule has 4 heteroatoms. The molecule has 0 saturated carbocycles. The van der Waals surface area contributed by atoms with Gasteiger partial charge < -0.3 is 16.4 Å². The van der Waals surface area contributed by atoms with E-state index in [0.29, 0.717) is 11.4 Å². The van der Waals surface area contributed by atoms with Crippen LogP contribution in [0.3, 0.4) is 0 Å². The maximum atomic E-state index is 11.8. The van der Waals surface area contributed by atoms with Crippen LogP contribution in [0.4, 0.5) is 16.2 Å². The van der Waals surface area contributed by atoms with Crippen molar-refractivity contribution < 1.29 is 4.79 Å². The summed E-state index contributed by atoms with van der Waals surface area (Å²) in [5.74, 6) is 0. The topological polar surface area (TPSA) is 67.2 Å². The average Bonchev–Trinajstić information content (AvgIpc) is 2.42. The molecule has 2 amide bonds. The number of hydrogen-bond donors (Lipinski definition) is 3. The Morgan fingerprint density at radius 2 is 1.86 bits per heavy atom. The minimum atomic E-state index is -0.325. The first-order valence-electron chi connectivity index (χ1n) is 6.71. The van der Waals surface area contributed by atoms with Gasteiger partial charge in [0.05, 0.1) is 11.4 Å². The number of anilines is 2. The highest BCUT2D eigenvalue weighted by atomic mass is 16.2. The molecule has 2 aromatic carbocycles. The Kier molecular flexibility index (Phi) is 4.61. The van der Waals surface area contributed by atoms with Crippen LogP contribution in [0.2, 0.25) is 0 Å². The van der Waals surface area contributed by atoms with E-state index in [1.807, 2.05) is 56.3 Å². The van der Waals surface area contributed by atoms with E-state index in [1.165, 1.54) is 5.56 Å². The highest BCUT2D eigenvalue weighted by Gasteiger charge is 2.03. The summed E-state index contributed by atoms with van der Waals surface area (Å²) in [5, 5.41) is 5.36. The van der Waals surface area contributed by atoms with Gasteiger partial charge in [0.2, 0.25) is 0 Å². The fraction of sp³-hybridized carbons (Fsp3) is 0.118. The van der Waals surface area contributed by atoms with E-state index < -0.39 is 0 Å². The van der Waals surface area contributed by atoms with Crippen molar-refractivity contribution in [1.82, 2.24) is 5.32 Å². The maximum absolute atomic E-state index is 11.8. The fourth-order valence-electron chi connectivity index (χ4n) is 1.94. The molecule has 0 saturated heterocycles. The van der Waals surface area contributed by atoms with Gasteiger partial charge in [-0.15, -0.1) is 0 Å². The standard InChI is InChI=1S/C17H19N3O/c1-12-4-3-5-14(10-12)8-9-19-17(21)20-16-7-6-13(2)11-15(16)18/h3-11H,18H2,1-2H3,(H2,19,20,21)/b9-8+. The molecule has 0 aromatic heterocycles. The summed E-state index contributed by atoms with van der Waals surface area (Å²) in [4.78, 5) is 11.8. The third kappa shape index (κ3) is 4.38. The van der Waals surface area contributed by atoms with Crippen LogP contribution in [-0.4, -0.2) is 6.03 Å². The lowest BCUT2D eigenvalue weighted by Crippen LogP contribution is -2.24. The highest BCUT2D eigenvalue weighted by molar-refractivity contribution is 5.93. The second kappa shape index (κ2) is 6.61. The van der Waals surface area contributed by atoms with Crippen LogP contribution in [0.15, 0.2) is 48.7 Å². The highest BCUT2D eigenvalue weighted by Crippen LogP contribution is 2.19. The van der Waals surface area contributed by atoms with E-state index in [9.17, 15) is 4.79 Å². The lowest BCUT2D eigenvalue weighted by Gasteiger charge is -2.08. The summed E-state index contributed by atoms with van der Waals surface area (Å²) < 4.78 is 0. The number of aryl methyl sites for hydroxylation is 2. The molecule has 0 aliphatic heterocycles. The van der Waals surface area contributed by atoms with Gasteiger partial charge in [-0.05, 0) is 43.2 Å². The number of amides is 2. The molecule has 0 fully saturated rings. The second-order valence-corrected chi connectivity index (χ2v) is 4.94. The van der Waals surface area contributed by atoms with Crippen LogP contribution < -0.4 is 16.4 Å². The molecule has 0 aliphatic carbocycles. The summed E-state index contributed by atoms with van der Waals surface area (Å²) in [6.45, 7) is 3.97. The molecule has 21 heavy (non-hydrogen) atoms. The Bertz CT molecular complexity index is 677. The molecular formula is C17H19N3O. The summed E-state index contributed by atoms with van der Waals surface area (Å²) in [6, 6.07) is 13.2. The quantitative estimate of drug-likeness (QED) is 0.751. The summed E-state index contributed by atoms with van der Waals surface area (Å²) in [6.07, 6.45) is 3.44. The van der Waals surface area contributed by atoms with Gasteiger partial charge >= 0.3 is 6.03 Å². The third-order valence-corrected chi connectivity index (χ3v) is 2.99. The van der Waals surface area contributed by atoms with Gasteiger partial charge in [0.15, 0.2) is 0 Å². The van der Waals surface area contributed by atoms with Gasteiger partial charge in [-0.2, -0.15) is 0 Å². The number of carbonyl (C=O) groups is 1. The average molecular weight is 281 g/mol. The second-order valence-electron chi connectivity index (χ2n) is 4.94. The van der Waals surface area contributed by atoms with Crippen LogP contribution in [0.25, 0.3) is 6.08 Å². The van der Waals surface area contributed by atoms with Crippen LogP contribution in [-0.2, 0) is 0 Å².